The molecule has 0 unspecified atom stereocenters. The molecule has 3 aliphatic heterocycles. The highest BCUT2D eigenvalue weighted by atomic mass is 19.4. The lowest BCUT2D eigenvalue weighted by Gasteiger charge is -2.33. The number of likely N-dealkylation sites (N-methyl/N-ethyl adjacent to an activating group) is 1. The Morgan fingerprint density at radius 2 is 1.92 bits per heavy atom. The van der Waals surface area contributed by atoms with E-state index in [2.05, 4.69) is 38.0 Å². The van der Waals surface area contributed by atoms with Gasteiger partial charge < -0.3 is 10.2 Å². The first kappa shape index (κ1) is 26.5. The van der Waals surface area contributed by atoms with E-state index in [0.717, 1.165) is 24.9 Å². The molecule has 202 valence electrons. The maximum absolute atomic E-state index is 13.9. The highest BCUT2D eigenvalue weighted by Gasteiger charge is 2.34. The highest BCUT2D eigenvalue weighted by molar-refractivity contribution is 5.92. The van der Waals surface area contributed by atoms with Crippen molar-refractivity contribution in [1.29, 1.82) is 0 Å². The molecule has 5 rings (SSSR count). The minimum absolute atomic E-state index is 0.0536. The Labute approximate surface area is 224 Å². The molecule has 0 radical (unpaired) electrons. The number of fused-ring (bicyclic) bond motifs is 1. The molecule has 0 atom stereocenters. The van der Waals surface area contributed by atoms with E-state index in [0.29, 0.717) is 29.9 Å². The molecule has 0 spiro atoms. The summed E-state index contributed by atoms with van der Waals surface area (Å²) in [7, 11) is 2.00. The van der Waals surface area contributed by atoms with Crippen LogP contribution in [0.15, 0.2) is 72.5 Å². The Balaban J connectivity index is 1.24. The van der Waals surface area contributed by atoms with Gasteiger partial charge in [-0.05, 0) is 54.4 Å². The third kappa shape index (κ3) is 6.67. The molecule has 1 fully saturated rings. The van der Waals surface area contributed by atoms with E-state index in [-0.39, 0.29) is 24.2 Å². The number of allylic oxidation sites excluding steroid dienone is 4. The number of benzene rings is 1. The van der Waals surface area contributed by atoms with E-state index in [9.17, 15) is 18.0 Å². The lowest BCUT2D eigenvalue weighted by atomic mass is 10.0. The van der Waals surface area contributed by atoms with Crippen molar-refractivity contribution in [3.05, 3.63) is 94.7 Å². The van der Waals surface area contributed by atoms with E-state index < -0.39 is 17.6 Å². The average molecular weight is 536 g/mol. The van der Waals surface area contributed by atoms with Crippen molar-refractivity contribution in [3.8, 4) is 11.8 Å². The van der Waals surface area contributed by atoms with E-state index in [1.54, 1.807) is 23.5 Å². The number of aromatic nitrogens is 1. The normalized spacial score (nSPS) is 17.5. The Morgan fingerprint density at radius 3 is 2.72 bits per heavy atom. The molecule has 0 aliphatic carbocycles. The van der Waals surface area contributed by atoms with Crippen molar-refractivity contribution in [1.82, 2.24) is 30.8 Å². The summed E-state index contributed by atoms with van der Waals surface area (Å²) in [6.07, 6.45) is 6.11. The number of piperazine rings is 1. The standard InChI is InChI=1S/C28H28F3N7O/c1-36-10-12-37(13-11-36)19-22-6-7-23(16-24(22)28(29,30)31)33-27(39)15-21-14-20(17-32-18-21)5-8-25-26-4-2-3-9-38(26)35-34-25/h2-4,6-7,9,14,16-18,34-35H,10-13,15,19H2,1H3,(H,33,39). The van der Waals surface area contributed by atoms with Crippen LogP contribution in [-0.2, 0) is 23.9 Å². The number of carbonyl (C=O) groups excluding carboxylic acids is 1. The summed E-state index contributed by atoms with van der Waals surface area (Å²) in [5.74, 6) is 5.64. The van der Waals surface area contributed by atoms with Crippen LogP contribution in [-0.4, -0.2) is 58.9 Å². The molecule has 39 heavy (non-hydrogen) atoms. The third-order valence-corrected chi connectivity index (χ3v) is 6.60. The van der Waals surface area contributed by atoms with E-state index >= 15 is 0 Å². The molecular weight excluding hydrogens is 507 g/mol. The Hall–Kier alpha value is -4.11. The molecule has 3 aliphatic rings. The molecule has 1 saturated heterocycles. The van der Waals surface area contributed by atoms with Gasteiger partial charge in [0.05, 0.1) is 17.7 Å². The van der Waals surface area contributed by atoms with Crippen LogP contribution in [0.5, 0.6) is 0 Å². The van der Waals surface area contributed by atoms with Crippen molar-refractivity contribution < 1.29 is 18.0 Å². The number of pyridine rings is 1. The molecule has 1 aromatic heterocycles. The Kier molecular flexibility index (Phi) is 7.70. The zero-order valence-corrected chi connectivity index (χ0v) is 21.3. The number of carbonyl (C=O) groups is 1. The predicted molar refractivity (Wildman–Crippen MR) is 141 cm³/mol. The summed E-state index contributed by atoms with van der Waals surface area (Å²) >= 11 is 0. The fourth-order valence-corrected chi connectivity index (χ4v) is 4.50. The summed E-state index contributed by atoms with van der Waals surface area (Å²) in [4.78, 5) is 21.0. The first-order valence-electron chi connectivity index (χ1n) is 12.5. The molecule has 8 nitrogen and oxygen atoms in total. The van der Waals surface area contributed by atoms with E-state index in [1.165, 1.54) is 12.1 Å². The minimum atomic E-state index is -4.53. The SMILES string of the molecule is CN1CCN(Cc2ccc(NC(=O)Cc3cncc(C#CC4=C5C=CC=CN5NN4)c3)cc2C(F)(F)F)CC1. The maximum atomic E-state index is 13.9. The van der Waals surface area contributed by atoms with Gasteiger partial charge in [0.2, 0.25) is 5.91 Å². The average Bonchev–Trinajstić information content (AvgIpc) is 3.32. The molecule has 1 aromatic carbocycles. The summed E-state index contributed by atoms with van der Waals surface area (Å²) in [6, 6.07) is 5.73. The van der Waals surface area contributed by atoms with Crippen LogP contribution in [0, 0.1) is 11.8 Å². The molecule has 3 N–H and O–H groups in total. The second-order valence-corrected chi connectivity index (χ2v) is 9.57. The van der Waals surface area contributed by atoms with Gasteiger partial charge in [-0.2, -0.15) is 13.2 Å². The predicted octanol–water partition coefficient (Wildman–Crippen LogP) is 3.00. The van der Waals surface area contributed by atoms with Crippen molar-refractivity contribution >= 4 is 11.6 Å². The molecular formula is C28H28F3N7O. The van der Waals surface area contributed by atoms with Crippen molar-refractivity contribution in [2.75, 3.05) is 38.5 Å². The van der Waals surface area contributed by atoms with Gasteiger partial charge >= 0.3 is 6.18 Å². The fraction of sp³-hybridized carbons (Fsp3) is 0.286. The van der Waals surface area contributed by atoms with Crippen LogP contribution in [0.3, 0.4) is 0 Å². The molecule has 11 heteroatoms. The van der Waals surface area contributed by atoms with E-state index in [1.807, 2.05) is 36.4 Å². The topological polar surface area (TPSA) is 75.8 Å². The summed E-state index contributed by atoms with van der Waals surface area (Å²) in [6.45, 7) is 3.27. The summed E-state index contributed by atoms with van der Waals surface area (Å²) in [5.41, 5.74) is 8.31. The van der Waals surface area contributed by atoms with Gasteiger partial charge in [-0.1, -0.05) is 18.1 Å². The van der Waals surface area contributed by atoms with Crippen LogP contribution in [0.4, 0.5) is 18.9 Å². The van der Waals surface area contributed by atoms with Gasteiger partial charge in [0.1, 0.15) is 5.70 Å². The molecule has 4 heterocycles. The number of alkyl halides is 3. The zero-order chi connectivity index (χ0) is 27.4. The van der Waals surface area contributed by atoms with Gasteiger partial charge in [-0.15, -0.1) is 5.53 Å². The first-order chi connectivity index (χ1) is 18.7. The number of halogens is 3. The number of hydrogen-bond donors (Lipinski definition) is 3. The Morgan fingerprint density at radius 1 is 1.10 bits per heavy atom. The largest absolute Gasteiger partial charge is 0.416 e. The summed E-state index contributed by atoms with van der Waals surface area (Å²) in [5, 5.41) is 4.40. The monoisotopic (exact) mass is 535 g/mol. The molecule has 0 bridgehead atoms. The van der Waals surface area contributed by atoms with Crippen molar-refractivity contribution in [2.24, 2.45) is 0 Å². The van der Waals surface area contributed by atoms with Crippen LogP contribution < -0.4 is 16.3 Å². The number of nitrogens with one attached hydrogen (secondary N) is 3. The number of hydrogen-bond acceptors (Lipinski definition) is 7. The number of rotatable bonds is 5. The van der Waals surface area contributed by atoms with Crippen LogP contribution >= 0.6 is 0 Å². The zero-order valence-electron chi connectivity index (χ0n) is 21.3. The molecule has 0 saturated carbocycles. The maximum Gasteiger partial charge on any atom is 0.416 e. The first-order valence-corrected chi connectivity index (χ1v) is 12.5. The highest BCUT2D eigenvalue weighted by Crippen LogP contribution is 2.34. The lowest BCUT2D eigenvalue weighted by molar-refractivity contribution is -0.138. The van der Waals surface area contributed by atoms with Gasteiger partial charge in [0.15, 0.2) is 0 Å². The number of amides is 1. The second kappa shape index (κ2) is 11.3. The van der Waals surface area contributed by atoms with Crippen LogP contribution in [0.2, 0.25) is 0 Å². The minimum Gasteiger partial charge on any atom is -0.326 e. The van der Waals surface area contributed by atoms with E-state index in [4.69, 9.17) is 0 Å². The second-order valence-electron chi connectivity index (χ2n) is 9.57. The smallest absolute Gasteiger partial charge is 0.326 e. The van der Waals surface area contributed by atoms with Crippen molar-refractivity contribution in [2.45, 2.75) is 19.1 Å². The number of anilines is 1. The van der Waals surface area contributed by atoms with Gasteiger partial charge in [-0.25, -0.2) is 0 Å². The number of hydrazine groups is 2. The summed E-state index contributed by atoms with van der Waals surface area (Å²) < 4.78 is 41.6. The fourth-order valence-electron chi connectivity index (χ4n) is 4.50. The van der Waals surface area contributed by atoms with Gasteiger partial charge in [-0.3, -0.25) is 25.1 Å². The van der Waals surface area contributed by atoms with Crippen LogP contribution in [0.25, 0.3) is 0 Å². The third-order valence-electron chi connectivity index (χ3n) is 6.60. The quantitative estimate of drug-likeness (QED) is 0.509. The van der Waals surface area contributed by atoms with Crippen LogP contribution in [0.1, 0.15) is 22.3 Å². The Bertz CT molecular complexity index is 1400. The number of nitrogens with zero attached hydrogens (tertiary/aromatic N) is 4. The molecule has 1 amide bonds. The van der Waals surface area contributed by atoms with Gasteiger partial charge in [0, 0.05) is 62.6 Å². The van der Waals surface area contributed by atoms with Gasteiger partial charge in [0.25, 0.3) is 0 Å². The molecule has 2 aromatic rings. The van der Waals surface area contributed by atoms with Crippen molar-refractivity contribution in [3.63, 3.8) is 0 Å². The lowest BCUT2D eigenvalue weighted by Crippen LogP contribution is -2.44.